The smallest absolute Gasteiger partial charge is 0.232 e. The minimum atomic E-state index is -0.631. The number of aromatic hydroxyl groups is 1. The molecule has 2 saturated carbocycles. The summed E-state index contributed by atoms with van der Waals surface area (Å²) in [5.74, 6) is 0.357. The molecule has 0 aliphatic heterocycles. The van der Waals surface area contributed by atoms with Gasteiger partial charge in [0.05, 0.1) is 10.8 Å². The van der Waals surface area contributed by atoms with Crippen LogP contribution in [0.5, 0.6) is 5.75 Å². The number of hydrogen-bond acceptors (Lipinski definition) is 4. The van der Waals surface area contributed by atoms with E-state index >= 15 is 0 Å². The van der Waals surface area contributed by atoms with Crippen molar-refractivity contribution in [1.29, 1.82) is 0 Å². The fourth-order valence-corrected chi connectivity index (χ4v) is 9.86. The number of hydrogen-bond donors (Lipinski definition) is 3. The average Bonchev–Trinajstić information content (AvgIpc) is 2.89. The Hall–Kier alpha value is -2.82. The molecule has 6 rings (SSSR count). The molecule has 5 nitrogen and oxygen atoms in total. The van der Waals surface area contributed by atoms with E-state index in [4.69, 9.17) is 5.73 Å². The quantitative estimate of drug-likeness (QED) is 0.313. The van der Waals surface area contributed by atoms with E-state index in [-0.39, 0.29) is 40.2 Å². The summed E-state index contributed by atoms with van der Waals surface area (Å²) >= 11 is 0. The summed E-state index contributed by atoms with van der Waals surface area (Å²) < 4.78 is 0. The van der Waals surface area contributed by atoms with Gasteiger partial charge in [0.25, 0.3) is 0 Å². The third-order valence-electron chi connectivity index (χ3n) is 12.0. The van der Waals surface area contributed by atoms with Crippen LogP contribution in [-0.2, 0) is 33.3 Å². The molecule has 0 bridgehead atoms. The minimum Gasteiger partial charge on any atom is -0.508 e. The topological polar surface area (TPSA) is 92.4 Å². The van der Waals surface area contributed by atoms with Crippen molar-refractivity contribution in [2.75, 3.05) is 5.73 Å². The van der Waals surface area contributed by atoms with Gasteiger partial charge in [-0.25, -0.2) is 0 Å². The van der Waals surface area contributed by atoms with Gasteiger partial charge >= 0.3 is 0 Å². The number of carbonyl (C=O) groups excluding carboxylic acids is 2. The second-order valence-electron chi connectivity index (χ2n) is 14.1. The number of nitrogens with one attached hydrogen (secondary N) is 1. The Kier molecular flexibility index (Phi) is 5.99. The number of benzene rings is 2. The van der Waals surface area contributed by atoms with Crippen molar-refractivity contribution >= 4 is 17.5 Å². The Morgan fingerprint density at radius 2 is 1.26 bits per heavy atom. The first-order chi connectivity index (χ1) is 18.4. The largest absolute Gasteiger partial charge is 0.508 e. The highest BCUT2D eigenvalue weighted by Crippen LogP contribution is 2.59. The summed E-state index contributed by atoms with van der Waals surface area (Å²) in [5, 5.41) is 13.3. The molecule has 2 fully saturated rings. The van der Waals surface area contributed by atoms with Crippen molar-refractivity contribution in [3.8, 4) is 5.75 Å². The van der Waals surface area contributed by atoms with E-state index in [0.29, 0.717) is 0 Å². The summed E-state index contributed by atoms with van der Waals surface area (Å²) in [7, 11) is 0. The lowest BCUT2D eigenvalue weighted by Crippen LogP contribution is -2.60. The molecule has 4 unspecified atom stereocenters. The van der Waals surface area contributed by atoms with Gasteiger partial charge < -0.3 is 10.8 Å². The summed E-state index contributed by atoms with van der Waals surface area (Å²) in [6.45, 7) is 8.76. The van der Waals surface area contributed by atoms with Crippen LogP contribution < -0.4 is 11.1 Å². The predicted molar refractivity (Wildman–Crippen MR) is 154 cm³/mol. The maximum atomic E-state index is 14.2. The van der Waals surface area contributed by atoms with Gasteiger partial charge in [0.2, 0.25) is 11.8 Å². The fourth-order valence-electron chi connectivity index (χ4n) is 9.86. The lowest BCUT2D eigenvalue weighted by atomic mass is 9.49. The number of phenolic OH excluding ortho intramolecular Hbond substituents is 1. The zero-order chi connectivity index (χ0) is 27.8. The van der Waals surface area contributed by atoms with Crippen LogP contribution in [0.4, 0.5) is 5.69 Å². The van der Waals surface area contributed by atoms with E-state index in [0.717, 1.165) is 69.9 Å². The van der Waals surface area contributed by atoms with E-state index < -0.39 is 10.8 Å². The van der Waals surface area contributed by atoms with Crippen LogP contribution in [-0.4, -0.2) is 16.9 Å². The van der Waals surface area contributed by atoms with Crippen LogP contribution in [0.3, 0.4) is 0 Å². The predicted octanol–water partition coefficient (Wildman–Crippen LogP) is 6.34. The van der Waals surface area contributed by atoms with Gasteiger partial charge in [0.15, 0.2) is 0 Å². The number of anilines is 1. The number of nitrogens with two attached hydrogens (primary N) is 1. The first-order valence-electron chi connectivity index (χ1n) is 15.0. The zero-order valence-corrected chi connectivity index (χ0v) is 24.0. The summed E-state index contributed by atoms with van der Waals surface area (Å²) in [6.07, 6.45) is 9.20. The van der Waals surface area contributed by atoms with E-state index in [9.17, 15) is 14.7 Å². The van der Waals surface area contributed by atoms with Crippen molar-refractivity contribution in [2.24, 2.45) is 22.7 Å². The van der Waals surface area contributed by atoms with Gasteiger partial charge in [-0.2, -0.15) is 0 Å². The normalized spacial score (nSPS) is 37.0. The number of fused-ring (bicyclic) bond motifs is 6. The van der Waals surface area contributed by atoms with Crippen molar-refractivity contribution in [1.82, 2.24) is 5.32 Å². The molecule has 0 radical (unpaired) electrons. The number of carbonyl (C=O) groups is 2. The molecule has 5 heteroatoms. The average molecular weight is 529 g/mol. The first kappa shape index (κ1) is 26.4. The van der Waals surface area contributed by atoms with Crippen molar-refractivity contribution < 1.29 is 14.7 Å². The Morgan fingerprint density at radius 1 is 0.769 bits per heavy atom. The molecule has 4 aliphatic carbocycles. The maximum Gasteiger partial charge on any atom is 0.232 e. The zero-order valence-electron chi connectivity index (χ0n) is 24.0. The lowest BCUT2D eigenvalue weighted by molar-refractivity contribution is -0.150. The van der Waals surface area contributed by atoms with Crippen LogP contribution in [0.15, 0.2) is 36.4 Å². The van der Waals surface area contributed by atoms with Gasteiger partial charge in [0, 0.05) is 5.69 Å². The molecule has 208 valence electrons. The van der Waals surface area contributed by atoms with Crippen LogP contribution in [0.25, 0.3) is 0 Å². The Balaban J connectivity index is 1.28. The SMILES string of the molecule is CC12CCC[C@](C)(C(=O)NC(=O)[C@@]3(C)CCCC4(C)c5cc(O)ccc5CCC43)C1CCc1ccc(N)cc12. The molecule has 39 heavy (non-hydrogen) atoms. The van der Waals surface area contributed by atoms with Gasteiger partial charge in [-0.1, -0.05) is 52.7 Å². The van der Waals surface area contributed by atoms with Crippen LogP contribution in [0, 0.1) is 22.7 Å². The Bertz CT molecular complexity index is 1250. The van der Waals surface area contributed by atoms with E-state index in [1.54, 1.807) is 6.07 Å². The number of phenols is 1. The molecule has 4 N–H and O–H groups in total. The molecule has 2 aromatic rings. The Morgan fingerprint density at radius 3 is 1.79 bits per heavy atom. The van der Waals surface area contributed by atoms with Crippen molar-refractivity contribution in [3.63, 3.8) is 0 Å². The van der Waals surface area contributed by atoms with E-state index in [1.807, 2.05) is 18.2 Å². The second kappa shape index (κ2) is 8.84. The van der Waals surface area contributed by atoms with Crippen molar-refractivity contribution in [3.05, 3.63) is 58.7 Å². The molecule has 2 aromatic carbocycles. The van der Waals surface area contributed by atoms with Gasteiger partial charge in [-0.05, 0) is 121 Å². The lowest BCUT2D eigenvalue weighted by Gasteiger charge is -2.56. The maximum absolute atomic E-state index is 14.2. The third-order valence-corrected chi connectivity index (χ3v) is 12.0. The summed E-state index contributed by atoms with van der Waals surface area (Å²) in [4.78, 5) is 28.4. The number of imide groups is 1. The van der Waals surface area contributed by atoms with E-state index in [1.165, 1.54) is 22.3 Å². The molecule has 0 aromatic heterocycles. The molecule has 0 saturated heterocycles. The van der Waals surface area contributed by atoms with Gasteiger partial charge in [-0.15, -0.1) is 0 Å². The van der Waals surface area contributed by atoms with E-state index in [2.05, 4.69) is 45.1 Å². The van der Waals surface area contributed by atoms with Crippen LogP contribution >= 0.6 is 0 Å². The molecule has 2 amide bonds. The highest BCUT2D eigenvalue weighted by Gasteiger charge is 2.58. The second-order valence-corrected chi connectivity index (χ2v) is 14.1. The van der Waals surface area contributed by atoms with Crippen LogP contribution in [0.1, 0.15) is 101 Å². The van der Waals surface area contributed by atoms with Crippen LogP contribution in [0.2, 0.25) is 0 Å². The third kappa shape index (κ3) is 3.78. The molecule has 4 aliphatic rings. The molecular weight excluding hydrogens is 484 g/mol. The molecular formula is C34H44N2O3. The highest BCUT2D eigenvalue weighted by atomic mass is 16.3. The highest BCUT2D eigenvalue weighted by molar-refractivity contribution is 6.00. The fraction of sp³-hybridized carbons (Fsp3) is 0.588. The molecule has 0 heterocycles. The van der Waals surface area contributed by atoms with Crippen molar-refractivity contribution in [2.45, 2.75) is 103 Å². The summed E-state index contributed by atoms with van der Waals surface area (Å²) in [5.41, 5.74) is 10.5. The molecule has 6 atom stereocenters. The number of nitrogen functional groups attached to an aromatic ring is 1. The monoisotopic (exact) mass is 528 g/mol. The van der Waals surface area contributed by atoms with Gasteiger partial charge in [0.1, 0.15) is 5.75 Å². The number of aryl methyl sites for hydroxylation is 2. The Labute approximate surface area is 233 Å². The minimum absolute atomic E-state index is 0.0990. The number of amides is 2. The van der Waals surface area contributed by atoms with Gasteiger partial charge in [-0.3, -0.25) is 14.9 Å². The first-order valence-corrected chi connectivity index (χ1v) is 15.0. The standard InChI is InChI=1S/C34H44N2O3/c1-31-15-5-17-33(3,27(31)13-9-21-7-11-23(35)19-25(21)31)29(38)36-30(39)34(4)18-6-16-32(2)26-20-24(37)12-8-22(26)10-14-28(32)34/h7-8,11-12,19-20,27-28,37H,5-6,9-10,13-18,35H2,1-4H3,(H,36,38,39)/t27?,28?,31?,32?,33-,34-/m0/s1. The number of rotatable bonds is 2. The summed E-state index contributed by atoms with van der Waals surface area (Å²) in [6, 6.07) is 12.0. The molecule has 0 spiro atoms.